The van der Waals surface area contributed by atoms with E-state index >= 15 is 0 Å². The molecule has 3 heteroatoms. The van der Waals surface area contributed by atoms with Crippen LogP contribution in [0.3, 0.4) is 0 Å². The Balaban J connectivity index is 2.12. The summed E-state index contributed by atoms with van der Waals surface area (Å²) in [6.07, 6.45) is 1.00. The Bertz CT molecular complexity index is 382. The highest BCUT2D eigenvalue weighted by molar-refractivity contribution is 5.66. The van der Waals surface area contributed by atoms with Gasteiger partial charge >= 0.3 is 0 Å². The molecule has 2 rings (SSSR count). The third kappa shape index (κ3) is 1.82. The zero-order valence-corrected chi connectivity index (χ0v) is 8.56. The van der Waals surface area contributed by atoms with Crippen molar-refractivity contribution >= 4 is 5.97 Å². The van der Waals surface area contributed by atoms with Crippen LogP contribution in [-0.4, -0.2) is 11.1 Å². The number of carboxylic acids is 1. The second-order valence-corrected chi connectivity index (χ2v) is 4.44. The molecule has 1 aromatic carbocycles. The van der Waals surface area contributed by atoms with Crippen LogP contribution in [0.25, 0.3) is 0 Å². The Kier molecular flexibility index (Phi) is 2.18. The van der Waals surface area contributed by atoms with Crippen LogP contribution < -0.4 is 5.11 Å². The number of phenolic OH excluding ortho intramolecular Hbond substituents is 1. The first-order valence-corrected chi connectivity index (χ1v) is 5.02. The minimum atomic E-state index is -0.984. The summed E-state index contributed by atoms with van der Waals surface area (Å²) in [7, 11) is 0. The number of benzene rings is 1. The zero-order valence-electron chi connectivity index (χ0n) is 8.56. The Labute approximate surface area is 88.4 Å². The lowest BCUT2D eigenvalue weighted by Gasteiger charge is -2.12. The number of carbonyl (C=O) groups is 1. The standard InChI is InChI=1S/C12H14O3/c1-12(7-9(12)6-11(14)15)8-2-4-10(13)5-3-8/h2-5,9,13H,6-7H2,1H3,(H,14,15)/p-1. The molecule has 0 aromatic heterocycles. The molecular formula is C12H13O3-. The molecule has 0 amide bonds. The minimum Gasteiger partial charge on any atom is -0.550 e. The molecule has 1 fully saturated rings. The molecule has 1 saturated carbocycles. The Morgan fingerprint density at radius 1 is 1.53 bits per heavy atom. The minimum absolute atomic E-state index is 0.0478. The van der Waals surface area contributed by atoms with E-state index < -0.39 is 5.97 Å². The van der Waals surface area contributed by atoms with Gasteiger partial charge in [0.1, 0.15) is 5.75 Å². The molecule has 0 saturated heterocycles. The molecule has 1 N–H and O–H groups in total. The molecule has 1 aliphatic rings. The molecule has 2 atom stereocenters. The molecular weight excluding hydrogens is 192 g/mol. The van der Waals surface area contributed by atoms with Gasteiger partial charge in [-0.2, -0.15) is 0 Å². The molecule has 15 heavy (non-hydrogen) atoms. The van der Waals surface area contributed by atoms with Gasteiger partial charge in [-0.3, -0.25) is 0 Å². The summed E-state index contributed by atoms with van der Waals surface area (Å²) in [6, 6.07) is 6.97. The highest BCUT2D eigenvalue weighted by Crippen LogP contribution is 2.55. The average Bonchev–Trinajstić information content (AvgIpc) is 2.78. The smallest absolute Gasteiger partial charge is 0.115 e. The number of aliphatic carboxylic acids is 1. The highest BCUT2D eigenvalue weighted by Gasteiger charge is 2.50. The van der Waals surface area contributed by atoms with Crippen molar-refractivity contribution in [2.75, 3.05) is 0 Å². The van der Waals surface area contributed by atoms with Crippen LogP contribution in [0.15, 0.2) is 24.3 Å². The second-order valence-electron chi connectivity index (χ2n) is 4.44. The first-order valence-electron chi connectivity index (χ1n) is 5.02. The summed E-state index contributed by atoms with van der Waals surface area (Å²) in [6.45, 7) is 2.05. The second kappa shape index (κ2) is 3.26. The van der Waals surface area contributed by atoms with E-state index in [1.54, 1.807) is 12.1 Å². The maximum atomic E-state index is 10.5. The fraction of sp³-hybridized carbons (Fsp3) is 0.417. The third-order valence-corrected chi connectivity index (χ3v) is 3.35. The van der Waals surface area contributed by atoms with Crippen LogP contribution in [0.2, 0.25) is 0 Å². The number of aromatic hydroxyl groups is 1. The molecule has 80 valence electrons. The SMILES string of the molecule is CC1(c2ccc(O)cc2)CC1CC(=O)[O-]. The van der Waals surface area contributed by atoms with Gasteiger partial charge in [0.15, 0.2) is 0 Å². The first-order chi connectivity index (χ1) is 7.02. The van der Waals surface area contributed by atoms with Crippen molar-refractivity contribution in [3.05, 3.63) is 29.8 Å². The Hall–Kier alpha value is -1.51. The number of hydrogen-bond acceptors (Lipinski definition) is 3. The van der Waals surface area contributed by atoms with Gasteiger partial charge in [-0.05, 0) is 41.9 Å². The average molecular weight is 205 g/mol. The summed E-state index contributed by atoms with van der Waals surface area (Å²) < 4.78 is 0. The molecule has 3 nitrogen and oxygen atoms in total. The Morgan fingerprint density at radius 2 is 2.13 bits per heavy atom. The van der Waals surface area contributed by atoms with Crippen LogP contribution in [0.5, 0.6) is 5.75 Å². The first kappa shape index (κ1) is 10.0. The Morgan fingerprint density at radius 3 is 2.67 bits per heavy atom. The van der Waals surface area contributed by atoms with Crippen molar-refractivity contribution < 1.29 is 15.0 Å². The van der Waals surface area contributed by atoms with Gasteiger partial charge in [-0.25, -0.2) is 0 Å². The zero-order chi connectivity index (χ0) is 11.1. The molecule has 1 aromatic rings. The molecule has 0 spiro atoms. The van der Waals surface area contributed by atoms with E-state index in [0.717, 1.165) is 12.0 Å². The van der Waals surface area contributed by atoms with E-state index in [9.17, 15) is 9.90 Å². The normalized spacial score (nSPS) is 28.7. The fourth-order valence-corrected chi connectivity index (χ4v) is 2.15. The molecule has 0 aliphatic heterocycles. The monoisotopic (exact) mass is 205 g/mol. The molecule has 0 radical (unpaired) electrons. The van der Waals surface area contributed by atoms with Gasteiger partial charge in [0.2, 0.25) is 0 Å². The fourth-order valence-electron chi connectivity index (χ4n) is 2.15. The van der Waals surface area contributed by atoms with E-state index in [0.29, 0.717) is 0 Å². The van der Waals surface area contributed by atoms with Crippen molar-refractivity contribution in [3.8, 4) is 5.75 Å². The van der Waals surface area contributed by atoms with Gasteiger partial charge < -0.3 is 15.0 Å². The lowest BCUT2D eigenvalue weighted by atomic mass is 9.94. The van der Waals surface area contributed by atoms with Crippen molar-refractivity contribution in [2.45, 2.75) is 25.2 Å². The molecule has 2 unspecified atom stereocenters. The van der Waals surface area contributed by atoms with Crippen LogP contribution in [0, 0.1) is 5.92 Å². The van der Waals surface area contributed by atoms with Crippen molar-refractivity contribution in [2.24, 2.45) is 5.92 Å². The topological polar surface area (TPSA) is 60.4 Å². The van der Waals surface area contributed by atoms with Gasteiger partial charge in [0.25, 0.3) is 0 Å². The van der Waals surface area contributed by atoms with Crippen molar-refractivity contribution in [1.82, 2.24) is 0 Å². The summed E-state index contributed by atoms with van der Waals surface area (Å²) in [5.41, 5.74) is 1.04. The van der Waals surface area contributed by atoms with Crippen molar-refractivity contribution in [3.63, 3.8) is 0 Å². The van der Waals surface area contributed by atoms with Crippen LogP contribution in [-0.2, 0) is 10.2 Å². The summed E-state index contributed by atoms with van der Waals surface area (Å²) in [5.74, 6) is -0.575. The molecule has 0 bridgehead atoms. The summed E-state index contributed by atoms with van der Waals surface area (Å²) in [5, 5.41) is 19.6. The predicted molar refractivity (Wildman–Crippen MR) is 53.2 cm³/mol. The van der Waals surface area contributed by atoms with Crippen LogP contribution >= 0.6 is 0 Å². The number of phenols is 1. The summed E-state index contributed by atoms with van der Waals surface area (Å²) in [4.78, 5) is 10.5. The quantitative estimate of drug-likeness (QED) is 0.794. The summed E-state index contributed by atoms with van der Waals surface area (Å²) >= 11 is 0. The molecule has 1 aliphatic carbocycles. The maximum absolute atomic E-state index is 10.5. The third-order valence-electron chi connectivity index (χ3n) is 3.35. The van der Waals surface area contributed by atoms with Gasteiger partial charge in [0.05, 0.1) is 0 Å². The lowest BCUT2D eigenvalue weighted by Crippen LogP contribution is -2.23. The number of carboxylic acid groups (broad SMARTS) is 1. The van der Waals surface area contributed by atoms with E-state index in [1.807, 2.05) is 19.1 Å². The van der Waals surface area contributed by atoms with E-state index in [2.05, 4.69) is 0 Å². The predicted octanol–water partition coefficient (Wildman–Crippen LogP) is 0.810. The van der Waals surface area contributed by atoms with E-state index in [4.69, 9.17) is 5.11 Å². The lowest BCUT2D eigenvalue weighted by molar-refractivity contribution is -0.306. The number of rotatable bonds is 3. The van der Waals surface area contributed by atoms with E-state index in [-0.39, 0.29) is 23.5 Å². The maximum Gasteiger partial charge on any atom is 0.115 e. The van der Waals surface area contributed by atoms with Crippen LogP contribution in [0.1, 0.15) is 25.3 Å². The van der Waals surface area contributed by atoms with Gasteiger partial charge in [-0.15, -0.1) is 0 Å². The highest BCUT2D eigenvalue weighted by atomic mass is 16.4. The van der Waals surface area contributed by atoms with Crippen LogP contribution in [0.4, 0.5) is 0 Å². The van der Waals surface area contributed by atoms with Crippen molar-refractivity contribution in [1.29, 1.82) is 0 Å². The number of carbonyl (C=O) groups excluding carboxylic acids is 1. The van der Waals surface area contributed by atoms with Gasteiger partial charge in [-0.1, -0.05) is 19.1 Å². The van der Waals surface area contributed by atoms with Gasteiger partial charge in [0, 0.05) is 5.97 Å². The van der Waals surface area contributed by atoms with E-state index in [1.165, 1.54) is 0 Å². The largest absolute Gasteiger partial charge is 0.550 e. The number of hydrogen-bond donors (Lipinski definition) is 1. The molecule has 0 heterocycles.